The summed E-state index contributed by atoms with van der Waals surface area (Å²) >= 11 is 0. The summed E-state index contributed by atoms with van der Waals surface area (Å²) in [4.78, 5) is 11.1. The molecule has 0 aliphatic carbocycles. The predicted octanol–water partition coefficient (Wildman–Crippen LogP) is 1.60. The van der Waals surface area contributed by atoms with Crippen LogP contribution in [0, 0.1) is 5.41 Å². The second-order valence-electron chi connectivity index (χ2n) is 3.97. The molecule has 1 atom stereocenters. The van der Waals surface area contributed by atoms with Gasteiger partial charge in [-0.2, -0.15) is 0 Å². The van der Waals surface area contributed by atoms with E-state index in [2.05, 4.69) is 26.1 Å². The topological polar surface area (TPSA) is 29.1 Å². The van der Waals surface area contributed by atoms with Crippen LogP contribution in [0.5, 0.6) is 0 Å². The molecule has 2 heteroatoms. The van der Waals surface area contributed by atoms with E-state index in [0.717, 1.165) is 6.54 Å². The van der Waals surface area contributed by atoms with Crippen molar-refractivity contribution in [2.75, 3.05) is 6.54 Å². The lowest BCUT2D eigenvalue weighted by Crippen LogP contribution is -2.45. The minimum atomic E-state index is -0.00694. The van der Waals surface area contributed by atoms with E-state index in [0.29, 0.717) is 0 Å². The number of rotatable bonds is 3. The molecule has 0 rings (SSSR count). The Hall–Kier alpha value is -0.370. The quantitative estimate of drug-likeness (QED) is 0.674. The Balaban J connectivity index is 4.22. The van der Waals surface area contributed by atoms with Crippen molar-refractivity contribution in [2.45, 2.75) is 40.7 Å². The molecule has 0 aliphatic rings. The summed E-state index contributed by atoms with van der Waals surface area (Å²) in [5.41, 5.74) is 0.0296. The third kappa shape index (κ3) is 3.51. The number of Topliss-reactive ketones (excluding diaryl/α,β-unsaturated/α-hetero) is 1. The van der Waals surface area contributed by atoms with Crippen molar-refractivity contribution in [3.8, 4) is 0 Å². The average Bonchev–Trinajstić information content (AvgIpc) is 1.79. The molecule has 0 aromatic carbocycles. The van der Waals surface area contributed by atoms with E-state index in [1.807, 2.05) is 6.92 Å². The van der Waals surface area contributed by atoms with E-state index < -0.39 is 0 Å². The zero-order chi connectivity index (χ0) is 9.07. The van der Waals surface area contributed by atoms with Crippen molar-refractivity contribution in [1.82, 2.24) is 5.32 Å². The molecule has 0 aromatic heterocycles. The van der Waals surface area contributed by atoms with Crippen LogP contribution in [0.15, 0.2) is 0 Å². The Bertz CT molecular complexity index is 135. The Morgan fingerprint density at radius 2 is 1.91 bits per heavy atom. The van der Waals surface area contributed by atoms with Crippen molar-refractivity contribution in [1.29, 1.82) is 0 Å². The Labute approximate surface area is 69.4 Å². The van der Waals surface area contributed by atoms with Crippen LogP contribution in [-0.4, -0.2) is 18.4 Å². The van der Waals surface area contributed by atoms with Crippen LogP contribution in [0.2, 0.25) is 0 Å². The number of nitrogens with one attached hydrogen (secondary N) is 1. The van der Waals surface area contributed by atoms with Crippen LogP contribution in [0.1, 0.15) is 34.6 Å². The summed E-state index contributed by atoms with van der Waals surface area (Å²) in [5.74, 6) is 0.222. The van der Waals surface area contributed by atoms with Crippen LogP contribution in [0.3, 0.4) is 0 Å². The summed E-state index contributed by atoms with van der Waals surface area (Å²) in [5, 5.41) is 3.17. The molecular weight excluding hydrogens is 138 g/mol. The fourth-order valence-electron chi connectivity index (χ4n) is 1.26. The van der Waals surface area contributed by atoms with Crippen molar-refractivity contribution in [3.63, 3.8) is 0 Å². The molecule has 0 spiro atoms. The van der Waals surface area contributed by atoms with E-state index >= 15 is 0 Å². The van der Waals surface area contributed by atoms with Crippen molar-refractivity contribution in [2.24, 2.45) is 5.41 Å². The highest BCUT2D eigenvalue weighted by atomic mass is 16.1. The maximum Gasteiger partial charge on any atom is 0.147 e. The lowest BCUT2D eigenvalue weighted by atomic mass is 9.84. The molecule has 0 aromatic rings. The number of carbonyl (C=O) groups is 1. The van der Waals surface area contributed by atoms with Crippen LogP contribution < -0.4 is 5.32 Å². The fraction of sp³-hybridized carbons (Fsp3) is 0.889. The van der Waals surface area contributed by atoms with E-state index in [1.54, 1.807) is 6.92 Å². The van der Waals surface area contributed by atoms with Crippen LogP contribution >= 0.6 is 0 Å². The molecule has 1 N–H and O–H groups in total. The number of hydrogen-bond donors (Lipinski definition) is 1. The van der Waals surface area contributed by atoms with Crippen molar-refractivity contribution in [3.05, 3.63) is 0 Å². The molecule has 66 valence electrons. The van der Waals surface area contributed by atoms with Gasteiger partial charge in [-0.1, -0.05) is 27.7 Å². The smallest absolute Gasteiger partial charge is 0.147 e. The highest BCUT2D eigenvalue weighted by Crippen LogP contribution is 2.19. The standard InChI is InChI=1S/C9H19NO/c1-6-10-8(7(2)11)9(3,4)5/h8,10H,6H2,1-5H3/t8-/m1/s1. The van der Waals surface area contributed by atoms with Crippen LogP contribution in [0.25, 0.3) is 0 Å². The zero-order valence-corrected chi connectivity index (χ0v) is 8.19. The minimum absolute atomic E-state index is 0.00694. The van der Waals surface area contributed by atoms with Gasteiger partial charge in [0.25, 0.3) is 0 Å². The van der Waals surface area contributed by atoms with Gasteiger partial charge in [0.05, 0.1) is 6.04 Å². The van der Waals surface area contributed by atoms with Gasteiger partial charge >= 0.3 is 0 Å². The first kappa shape index (κ1) is 10.6. The first-order valence-corrected chi connectivity index (χ1v) is 4.13. The summed E-state index contributed by atoms with van der Waals surface area (Å²) in [6.07, 6.45) is 0. The highest BCUT2D eigenvalue weighted by molar-refractivity contribution is 5.82. The zero-order valence-electron chi connectivity index (χ0n) is 8.19. The second-order valence-corrected chi connectivity index (χ2v) is 3.97. The summed E-state index contributed by atoms with van der Waals surface area (Å²) in [7, 11) is 0. The average molecular weight is 157 g/mol. The lowest BCUT2D eigenvalue weighted by molar-refractivity contribution is -0.121. The van der Waals surface area contributed by atoms with Crippen LogP contribution in [0.4, 0.5) is 0 Å². The van der Waals surface area contributed by atoms with Gasteiger partial charge in [0.1, 0.15) is 5.78 Å². The molecule has 0 saturated heterocycles. The molecule has 0 radical (unpaired) electrons. The monoisotopic (exact) mass is 157 g/mol. The van der Waals surface area contributed by atoms with Gasteiger partial charge in [-0.3, -0.25) is 4.79 Å². The molecule has 0 heterocycles. The number of carbonyl (C=O) groups excluding carboxylic acids is 1. The Kier molecular flexibility index (Phi) is 3.73. The summed E-state index contributed by atoms with van der Waals surface area (Å²) in [6.45, 7) is 10.7. The first-order valence-electron chi connectivity index (χ1n) is 4.13. The molecule has 0 amide bonds. The fourth-order valence-corrected chi connectivity index (χ4v) is 1.26. The lowest BCUT2D eigenvalue weighted by Gasteiger charge is -2.28. The molecular formula is C9H19NO. The molecule has 0 saturated carbocycles. The number of likely N-dealkylation sites (N-methyl/N-ethyl adjacent to an activating group) is 1. The Morgan fingerprint density at radius 1 is 1.45 bits per heavy atom. The maximum absolute atomic E-state index is 11.1. The van der Waals surface area contributed by atoms with Gasteiger partial charge in [-0.25, -0.2) is 0 Å². The third-order valence-electron chi connectivity index (χ3n) is 1.68. The van der Waals surface area contributed by atoms with E-state index in [4.69, 9.17) is 0 Å². The molecule has 0 bridgehead atoms. The van der Waals surface area contributed by atoms with E-state index in [-0.39, 0.29) is 17.2 Å². The number of hydrogen-bond acceptors (Lipinski definition) is 2. The van der Waals surface area contributed by atoms with Crippen molar-refractivity contribution >= 4 is 5.78 Å². The molecule has 2 nitrogen and oxygen atoms in total. The van der Waals surface area contributed by atoms with Gasteiger partial charge < -0.3 is 5.32 Å². The normalized spacial score (nSPS) is 14.6. The second kappa shape index (κ2) is 3.86. The third-order valence-corrected chi connectivity index (χ3v) is 1.68. The highest BCUT2D eigenvalue weighted by Gasteiger charge is 2.27. The largest absolute Gasteiger partial charge is 0.307 e. The molecule has 0 fully saturated rings. The molecule has 11 heavy (non-hydrogen) atoms. The van der Waals surface area contributed by atoms with Crippen molar-refractivity contribution < 1.29 is 4.79 Å². The predicted molar refractivity (Wildman–Crippen MR) is 47.6 cm³/mol. The number of ketones is 1. The van der Waals surface area contributed by atoms with Crippen LogP contribution in [-0.2, 0) is 4.79 Å². The summed E-state index contributed by atoms with van der Waals surface area (Å²) in [6, 6.07) is -0.00694. The van der Waals surface area contributed by atoms with Gasteiger partial charge in [-0.15, -0.1) is 0 Å². The minimum Gasteiger partial charge on any atom is -0.307 e. The maximum atomic E-state index is 11.1. The van der Waals surface area contributed by atoms with Gasteiger partial charge in [0.2, 0.25) is 0 Å². The van der Waals surface area contributed by atoms with E-state index in [9.17, 15) is 4.79 Å². The van der Waals surface area contributed by atoms with Gasteiger partial charge in [0, 0.05) is 0 Å². The molecule has 0 unspecified atom stereocenters. The first-order chi connectivity index (χ1) is 4.89. The Morgan fingerprint density at radius 3 is 2.00 bits per heavy atom. The van der Waals surface area contributed by atoms with Gasteiger partial charge in [-0.05, 0) is 18.9 Å². The summed E-state index contributed by atoms with van der Waals surface area (Å²) < 4.78 is 0. The van der Waals surface area contributed by atoms with E-state index in [1.165, 1.54) is 0 Å². The molecule has 0 aliphatic heterocycles. The SMILES string of the molecule is CCN[C@H](C(C)=O)C(C)(C)C. The van der Waals surface area contributed by atoms with Gasteiger partial charge in [0.15, 0.2) is 0 Å².